The number of benzene rings is 2. The first-order chi connectivity index (χ1) is 12.1. The van der Waals surface area contributed by atoms with Gasteiger partial charge in [-0.2, -0.15) is 0 Å². The number of carboxylic acid groups (broad SMARTS) is 1. The fourth-order valence-corrected chi connectivity index (χ4v) is 2.24. The van der Waals surface area contributed by atoms with Crippen molar-refractivity contribution in [3.63, 3.8) is 0 Å². The monoisotopic (exact) mass is 379 g/mol. The Morgan fingerprint density at radius 1 is 1.00 bits per heavy atom. The first-order valence-electron chi connectivity index (χ1n) is 7.98. The van der Waals surface area contributed by atoms with Crippen molar-refractivity contribution in [1.29, 1.82) is 0 Å². The second-order valence-corrected chi connectivity index (χ2v) is 5.41. The summed E-state index contributed by atoms with van der Waals surface area (Å²) in [4.78, 5) is 22.8. The first-order valence-corrected chi connectivity index (χ1v) is 7.98. The SMILES string of the molecule is Cl.NCCOc1cccc(C(=O)CCc2ccc(OCC(=O)O)cc2)c1. The molecular formula is C19H22ClNO5. The molecule has 26 heavy (non-hydrogen) atoms. The van der Waals surface area contributed by atoms with Gasteiger partial charge in [-0.05, 0) is 36.2 Å². The maximum absolute atomic E-state index is 12.3. The Labute approximate surface area is 158 Å². The summed E-state index contributed by atoms with van der Waals surface area (Å²) in [6, 6.07) is 14.1. The number of carbonyl (C=O) groups excluding carboxylic acids is 1. The van der Waals surface area contributed by atoms with E-state index >= 15 is 0 Å². The van der Waals surface area contributed by atoms with Gasteiger partial charge in [0.05, 0.1) is 0 Å². The molecule has 2 aromatic rings. The van der Waals surface area contributed by atoms with Crippen molar-refractivity contribution in [1.82, 2.24) is 0 Å². The molecule has 0 aromatic heterocycles. The zero-order valence-corrected chi connectivity index (χ0v) is 15.0. The van der Waals surface area contributed by atoms with E-state index in [0.717, 1.165) is 5.56 Å². The summed E-state index contributed by atoms with van der Waals surface area (Å²) in [6.07, 6.45) is 0.960. The summed E-state index contributed by atoms with van der Waals surface area (Å²) in [5, 5.41) is 8.57. The van der Waals surface area contributed by atoms with Gasteiger partial charge in [-0.3, -0.25) is 4.79 Å². The van der Waals surface area contributed by atoms with Gasteiger partial charge in [0.25, 0.3) is 0 Å². The van der Waals surface area contributed by atoms with Gasteiger partial charge < -0.3 is 20.3 Å². The van der Waals surface area contributed by atoms with Gasteiger partial charge in [0.2, 0.25) is 0 Å². The van der Waals surface area contributed by atoms with Crippen LogP contribution < -0.4 is 15.2 Å². The minimum Gasteiger partial charge on any atom is -0.492 e. The average molecular weight is 380 g/mol. The molecule has 0 amide bonds. The molecule has 0 spiro atoms. The lowest BCUT2D eigenvalue weighted by Gasteiger charge is -2.07. The van der Waals surface area contributed by atoms with E-state index < -0.39 is 5.97 Å². The number of aliphatic carboxylic acids is 1. The van der Waals surface area contributed by atoms with E-state index in [4.69, 9.17) is 20.3 Å². The molecule has 0 unspecified atom stereocenters. The Balaban J connectivity index is 0.00000338. The van der Waals surface area contributed by atoms with Crippen LogP contribution in [0.2, 0.25) is 0 Å². The van der Waals surface area contributed by atoms with Crippen LogP contribution in [0.3, 0.4) is 0 Å². The van der Waals surface area contributed by atoms with Crippen molar-refractivity contribution in [2.75, 3.05) is 19.8 Å². The van der Waals surface area contributed by atoms with E-state index in [1.54, 1.807) is 36.4 Å². The summed E-state index contributed by atoms with van der Waals surface area (Å²) >= 11 is 0. The third-order valence-electron chi connectivity index (χ3n) is 3.47. The summed E-state index contributed by atoms with van der Waals surface area (Å²) in [5.74, 6) is 0.134. The zero-order valence-electron chi connectivity index (χ0n) is 14.2. The summed E-state index contributed by atoms with van der Waals surface area (Å²) in [6.45, 7) is 0.457. The van der Waals surface area contributed by atoms with E-state index in [9.17, 15) is 9.59 Å². The number of hydrogen-bond donors (Lipinski definition) is 2. The second kappa shape index (κ2) is 11.1. The number of carboxylic acids is 1. The van der Waals surface area contributed by atoms with Crippen LogP contribution in [0.1, 0.15) is 22.3 Å². The van der Waals surface area contributed by atoms with Gasteiger partial charge >= 0.3 is 5.97 Å². The van der Waals surface area contributed by atoms with Crippen molar-refractivity contribution < 1.29 is 24.2 Å². The molecule has 0 saturated heterocycles. The van der Waals surface area contributed by atoms with Crippen LogP contribution >= 0.6 is 12.4 Å². The number of Topliss-reactive ketones (excluding diaryl/α,β-unsaturated/α-hetero) is 1. The number of aryl methyl sites for hydroxylation is 1. The predicted octanol–water partition coefficient (Wildman–Crippen LogP) is 2.72. The van der Waals surface area contributed by atoms with Gasteiger partial charge in [-0.1, -0.05) is 24.3 Å². The summed E-state index contributed by atoms with van der Waals surface area (Å²) in [5.41, 5.74) is 6.99. The number of nitrogens with two attached hydrogens (primary N) is 1. The Hall–Kier alpha value is -2.57. The maximum Gasteiger partial charge on any atom is 0.341 e. The van der Waals surface area contributed by atoms with Gasteiger partial charge in [-0.15, -0.1) is 12.4 Å². The minimum atomic E-state index is -1.02. The quantitative estimate of drug-likeness (QED) is 0.616. The van der Waals surface area contributed by atoms with E-state index in [1.807, 2.05) is 12.1 Å². The number of halogens is 1. The molecule has 140 valence electrons. The van der Waals surface area contributed by atoms with Crippen molar-refractivity contribution in [2.24, 2.45) is 5.73 Å². The molecule has 6 nitrogen and oxygen atoms in total. The van der Waals surface area contributed by atoms with Crippen LogP contribution in [0.25, 0.3) is 0 Å². The third-order valence-corrected chi connectivity index (χ3v) is 3.47. The van der Waals surface area contributed by atoms with Crippen LogP contribution in [-0.4, -0.2) is 36.6 Å². The van der Waals surface area contributed by atoms with Gasteiger partial charge in [0.15, 0.2) is 12.4 Å². The Morgan fingerprint density at radius 2 is 1.73 bits per heavy atom. The van der Waals surface area contributed by atoms with Gasteiger partial charge in [0, 0.05) is 18.5 Å². The fraction of sp³-hybridized carbons (Fsp3) is 0.263. The van der Waals surface area contributed by atoms with Crippen LogP contribution in [-0.2, 0) is 11.2 Å². The molecule has 7 heteroatoms. The molecule has 2 aromatic carbocycles. The molecular weight excluding hydrogens is 358 g/mol. The topological polar surface area (TPSA) is 98.9 Å². The van der Waals surface area contributed by atoms with E-state index in [-0.39, 0.29) is 24.8 Å². The van der Waals surface area contributed by atoms with E-state index in [1.165, 1.54) is 0 Å². The van der Waals surface area contributed by atoms with Crippen molar-refractivity contribution in [2.45, 2.75) is 12.8 Å². The van der Waals surface area contributed by atoms with Crippen molar-refractivity contribution >= 4 is 24.2 Å². The Kier molecular flexibility index (Phi) is 9.19. The molecule has 3 N–H and O–H groups in total. The Bertz CT molecular complexity index is 718. The molecule has 2 rings (SSSR count). The number of rotatable bonds is 10. The van der Waals surface area contributed by atoms with Crippen LogP contribution in [0, 0.1) is 0 Å². The van der Waals surface area contributed by atoms with E-state index in [2.05, 4.69) is 0 Å². The predicted molar refractivity (Wildman–Crippen MR) is 100 cm³/mol. The fourth-order valence-electron chi connectivity index (χ4n) is 2.24. The lowest BCUT2D eigenvalue weighted by molar-refractivity contribution is -0.139. The largest absolute Gasteiger partial charge is 0.492 e. The average Bonchev–Trinajstić information content (AvgIpc) is 2.63. The highest BCUT2D eigenvalue weighted by atomic mass is 35.5. The lowest BCUT2D eigenvalue weighted by atomic mass is 10.0. The summed E-state index contributed by atoms with van der Waals surface area (Å²) in [7, 11) is 0. The highest BCUT2D eigenvalue weighted by Crippen LogP contribution is 2.17. The number of ketones is 1. The molecule has 0 saturated carbocycles. The molecule has 0 atom stereocenters. The molecule has 0 aliphatic heterocycles. The standard InChI is InChI=1S/C19H21NO5.ClH/c20-10-11-24-17-3-1-2-15(12-17)18(21)9-6-14-4-7-16(8-5-14)25-13-19(22)23;/h1-5,7-8,12H,6,9-11,13,20H2,(H,22,23);1H. The molecule has 0 fully saturated rings. The van der Waals surface area contributed by atoms with Gasteiger partial charge in [-0.25, -0.2) is 4.79 Å². The third kappa shape index (κ3) is 7.13. The Morgan fingerprint density at radius 3 is 2.38 bits per heavy atom. The van der Waals surface area contributed by atoms with Crippen LogP contribution in [0.4, 0.5) is 0 Å². The zero-order chi connectivity index (χ0) is 18.1. The number of hydrogen-bond acceptors (Lipinski definition) is 5. The molecule has 0 radical (unpaired) electrons. The van der Waals surface area contributed by atoms with Crippen molar-refractivity contribution in [3.8, 4) is 11.5 Å². The van der Waals surface area contributed by atoms with Crippen LogP contribution in [0.5, 0.6) is 11.5 Å². The lowest BCUT2D eigenvalue weighted by Crippen LogP contribution is -2.11. The van der Waals surface area contributed by atoms with Crippen LogP contribution in [0.15, 0.2) is 48.5 Å². The smallest absolute Gasteiger partial charge is 0.341 e. The first kappa shape index (κ1) is 21.5. The van der Waals surface area contributed by atoms with E-state index in [0.29, 0.717) is 43.1 Å². The highest BCUT2D eigenvalue weighted by molar-refractivity contribution is 5.96. The molecule has 0 bridgehead atoms. The molecule has 0 aliphatic rings. The number of ether oxygens (including phenoxy) is 2. The molecule has 0 heterocycles. The maximum atomic E-state index is 12.3. The highest BCUT2D eigenvalue weighted by Gasteiger charge is 2.08. The normalized spacial score (nSPS) is 9.88. The summed E-state index contributed by atoms with van der Waals surface area (Å²) < 4.78 is 10.5. The molecule has 0 aliphatic carbocycles. The van der Waals surface area contributed by atoms with Gasteiger partial charge in [0.1, 0.15) is 18.1 Å². The van der Waals surface area contributed by atoms with Crippen molar-refractivity contribution in [3.05, 3.63) is 59.7 Å². The second-order valence-electron chi connectivity index (χ2n) is 5.41. The number of carbonyl (C=O) groups is 2. The minimum absolute atomic E-state index is 0.